The highest BCUT2D eigenvalue weighted by Crippen LogP contribution is 2.26. The molecule has 2 N–H and O–H groups in total. The van der Waals surface area contributed by atoms with Crippen molar-refractivity contribution in [1.82, 2.24) is 29.1 Å². The quantitative estimate of drug-likeness (QED) is 0.259. The van der Waals surface area contributed by atoms with E-state index in [1.54, 1.807) is 6.20 Å². The number of carbonyl (C=O) groups excluding carboxylic acids is 1. The van der Waals surface area contributed by atoms with Gasteiger partial charge in [-0.1, -0.05) is 36.4 Å². The number of hydrogen-bond acceptors (Lipinski definition) is 8. The van der Waals surface area contributed by atoms with E-state index in [2.05, 4.69) is 32.1 Å². The Balaban J connectivity index is 1.21. The van der Waals surface area contributed by atoms with E-state index in [1.165, 1.54) is 28.1 Å². The molecule has 5 aromatic rings. The van der Waals surface area contributed by atoms with Gasteiger partial charge in [-0.15, -0.1) is 0 Å². The van der Waals surface area contributed by atoms with Crippen LogP contribution in [-0.2, 0) is 17.8 Å². The van der Waals surface area contributed by atoms with Crippen molar-refractivity contribution in [2.45, 2.75) is 32.2 Å². The lowest BCUT2D eigenvalue weighted by Crippen LogP contribution is -2.35. The number of benzene rings is 2. The van der Waals surface area contributed by atoms with E-state index in [0.29, 0.717) is 28.5 Å². The molecule has 43 heavy (non-hydrogen) atoms. The number of fused-ring (bicyclic) bond motifs is 1. The summed E-state index contributed by atoms with van der Waals surface area (Å²) >= 11 is 1.40. The van der Waals surface area contributed by atoms with Crippen LogP contribution < -0.4 is 16.2 Å². The molecule has 218 valence electrons. The minimum Gasteiger partial charge on any atom is -0.341 e. The monoisotopic (exact) mass is 591 g/mol. The number of rotatable bonds is 8. The Kier molecular flexibility index (Phi) is 7.69. The maximum Gasteiger partial charge on any atom is 0.260 e. The Morgan fingerprint density at radius 1 is 1.00 bits per heavy atom. The van der Waals surface area contributed by atoms with Gasteiger partial charge in [0.2, 0.25) is 11.9 Å². The molecule has 2 aliphatic heterocycles. The molecule has 1 unspecified atom stereocenters. The van der Waals surface area contributed by atoms with Gasteiger partial charge >= 0.3 is 0 Å². The zero-order valence-electron chi connectivity index (χ0n) is 23.8. The second kappa shape index (κ2) is 12.1. The standard InChI is InChI=1S/C33H33N7O2S/c41-30(39-13-1-2-14-39)20-40-31-26(16-29(32(40)42)25-7-5-24(6-8-25)27-19-36-43-21-27)18-35-33(38-31)37-28-9-3-22(4-10-28)15-23-11-12-34-17-23/h3-10,16,18-19,21,23,34H,1-2,11-15,17,20H2,(H,35,37,38). The number of hydrogen-bond donors (Lipinski definition) is 2. The summed E-state index contributed by atoms with van der Waals surface area (Å²) in [5, 5.41) is 9.41. The number of aromatic nitrogens is 4. The molecule has 0 saturated carbocycles. The summed E-state index contributed by atoms with van der Waals surface area (Å²) in [6.07, 6.45) is 7.80. The summed E-state index contributed by atoms with van der Waals surface area (Å²) in [7, 11) is 0. The number of pyridine rings is 1. The molecule has 0 radical (unpaired) electrons. The first-order valence-corrected chi connectivity index (χ1v) is 15.7. The van der Waals surface area contributed by atoms with Gasteiger partial charge in [0.25, 0.3) is 5.56 Å². The Bertz CT molecular complexity index is 1790. The molecule has 2 fully saturated rings. The number of amides is 1. The summed E-state index contributed by atoms with van der Waals surface area (Å²) in [5.41, 5.74) is 5.72. The molecule has 9 nitrogen and oxygen atoms in total. The molecule has 0 aliphatic carbocycles. The first-order valence-electron chi connectivity index (χ1n) is 14.9. The number of likely N-dealkylation sites (tertiary alicyclic amines) is 1. The van der Waals surface area contributed by atoms with E-state index < -0.39 is 0 Å². The largest absolute Gasteiger partial charge is 0.341 e. The minimum absolute atomic E-state index is 0.0665. The predicted octanol–water partition coefficient (Wildman–Crippen LogP) is 5.10. The molecule has 0 spiro atoms. The average molecular weight is 592 g/mol. The van der Waals surface area contributed by atoms with Gasteiger partial charge in [-0.3, -0.25) is 14.2 Å². The molecule has 2 saturated heterocycles. The van der Waals surface area contributed by atoms with Crippen LogP contribution in [0.15, 0.2) is 77.2 Å². The lowest BCUT2D eigenvalue weighted by atomic mass is 9.99. The van der Waals surface area contributed by atoms with Crippen molar-refractivity contribution < 1.29 is 4.79 Å². The Labute approximate surface area is 253 Å². The van der Waals surface area contributed by atoms with Crippen molar-refractivity contribution in [2.24, 2.45) is 5.92 Å². The van der Waals surface area contributed by atoms with Crippen LogP contribution in [0.5, 0.6) is 0 Å². The first kappa shape index (κ1) is 27.4. The summed E-state index contributed by atoms with van der Waals surface area (Å²) < 4.78 is 5.69. The van der Waals surface area contributed by atoms with Crippen molar-refractivity contribution in [2.75, 3.05) is 31.5 Å². The predicted molar refractivity (Wildman–Crippen MR) is 171 cm³/mol. The molecular formula is C33H33N7O2S. The Hall–Kier alpha value is -4.41. The second-order valence-corrected chi connectivity index (χ2v) is 12.0. The van der Waals surface area contributed by atoms with Crippen LogP contribution in [0.2, 0.25) is 0 Å². The van der Waals surface area contributed by atoms with E-state index in [-0.39, 0.29) is 18.0 Å². The van der Waals surface area contributed by atoms with E-state index in [1.807, 2.05) is 58.9 Å². The number of nitrogens with zero attached hydrogens (tertiary/aromatic N) is 5. The molecule has 0 bridgehead atoms. The van der Waals surface area contributed by atoms with Crippen LogP contribution in [0.4, 0.5) is 11.6 Å². The SMILES string of the molecule is O=C(Cn1c(=O)c(-c2ccc(-c3cnsc3)cc2)cc2cnc(Nc3ccc(CC4CCNC4)cc3)nc21)N1CCCC1. The molecule has 5 heterocycles. The van der Waals surface area contributed by atoms with Gasteiger partial charge < -0.3 is 15.5 Å². The molecule has 1 amide bonds. The van der Waals surface area contributed by atoms with Crippen LogP contribution in [0.1, 0.15) is 24.8 Å². The Morgan fingerprint density at radius 2 is 1.79 bits per heavy atom. The van der Waals surface area contributed by atoms with Gasteiger partial charge in [0.1, 0.15) is 12.2 Å². The van der Waals surface area contributed by atoms with E-state index >= 15 is 0 Å². The summed E-state index contributed by atoms with van der Waals surface area (Å²) in [4.78, 5) is 38.4. The zero-order valence-corrected chi connectivity index (χ0v) is 24.6. The fourth-order valence-electron chi connectivity index (χ4n) is 6.04. The van der Waals surface area contributed by atoms with E-state index in [9.17, 15) is 9.59 Å². The van der Waals surface area contributed by atoms with Crippen molar-refractivity contribution >= 4 is 40.1 Å². The highest BCUT2D eigenvalue weighted by molar-refractivity contribution is 7.03. The van der Waals surface area contributed by atoms with Gasteiger partial charge in [0, 0.05) is 53.1 Å². The molecule has 7 rings (SSSR count). The second-order valence-electron chi connectivity index (χ2n) is 11.4. The normalized spacial score (nSPS) is 16.7. The summed E-state index contributed by atoms with van der Waals surface area (Å²) in [5.74, 6) is 0.992. The topological polar surface area (TPSA) is 105 Å². The zero-order chi connectivity index (χ0) is 29.2. The van der Waals surface area contributed by atoms with E-state index in [4.69, 9.17) is 4.98 Å². The number of anilines is 2. The van der Waals surface area contributed by atoms with Gasteiger partial charge in [0.05, 0.1) is 0 Å². The third-order valence-electron chi connectivity index (χ3n) is 8.44. The van der Waals surface area contributed by atoms with Crippen LogP contribution >= 0.6 is 11.5 Å². The van der Waals surface area contributed by atoms with Gasteiger partial charge in [0.15, 0.2) is 0 Å². The lowest BCUT2D eigenvalue weighted by molar-refractivity contribution is -0.130. The average Bonchev–Trinajstić information content (AvgIpc) is 3.84. The number of carbonyl (C=O) groups is 1. The fraction of sp³-hybridized carbons (Fsp3) is 0.303. The highest BCUT2D eigenvalue weighted by Gasteiger charge is 2.22. The van der Waals surface area contributed by atoms with E-state index in [0.717, 1.165) is 67.8 Å². The maximum absolute atomic E-state index is 14.0. The lowest BCUT2D eigenvalue weighted by Gasteiger charge is -2.18. The molecule has 1 atom stereocenters. The van der Waals surface area contributed by atoms with Gasteiger partial charge in [-0.2, -0.15) is 4.98 Å². The molecular weight excluding hydrogens is 558 g/mol. The third kappa shape index (κ3) is 5.93. The Morgan fingerprint density at radius 3 is 2.51 bits per heavy atom. The molecule has 3 aromatic heterocycles. The van der Waals surface area contributed by atoms with Crippen molar-refractivity contribution in [1.29, 1.82) is 0 Å². The summed E-state index contributed by atoms with van der Waals surface area (Å²) in [6, 6.07) is 18.0. The minimum atomic E-state index is -0.250. The van der Waals surface area contributed by atoms with Crippen LogP contribution in [0, 0.1) is 5.92 Å². The number of nitrogens with one attached hydrogen (secondary N) is 2. The molecule has 2 aromatic carbocycles. The van der Waals surface area contributed by atoms with Crippen LogP contribution in [-0.4, -0.2) is 55.9 Å². The maximum atomic E-state index is 14.0. The fourth-order valence-corrected chi connectivity index (χ4v) is 6.59. The van der Waals surface area contributed by atoms with Gasteiger partial charge in [-0.05, 0) is 91.1 Å². The van der Waals surface area contributed by atoms with Crippen molar-refractivity contribution in [3.63, 3.8) is 0 Å². The summed E-state index contributed by atoms with van der Waals surface area (Å²) in [6.45, 7) is 3.55. The van der Waals surface area contributed by atoms with Crippen LogP contribution in [0.3, 0.4) is 0 Å². The van der Waals surface area contributed by atoms with Crippen molar-refractivity contribution in [3.8, 4) is 22.3 Å². The first-order chi connectivity index (χ1) is 21.1. The molecule has 10 heteroatoms. The highest BCUT2D eigenvalue weighted by atomic mass is 32.1. The third-order valence-corrected chi connectivity index (χ3v) is 9.02. The smallest absolute Gasteiger partial charge is 0.260 e. The van der Waals surface area contributed by atoms with Crippen LogP contribution in [0.25, 0.3) is 33.3 Å². The van der Waals surface area contributed by atoms with Gasteiger partial charge in [-0.25, -0.2) is 9.36 Å². The molecule has 2 aliphatic rings. The van der Waals surface area contributed by atoms with Crippen molar-refractivity contribution in [3.05, 3.63) is 88.3 Å².